The molecule has 0 bridgehead atoms. The topological polar surface area (TPSA) is 77.1 Å². The molecule has 0 radical (unpaired) electrons. The summed E-state index contributed by atoms with van der Waals surface area (Å²) >= 11 is 0. The van der Waals surface area contributed by atoms with Crippen LogP contribution in [0.1, 0.15) is 29.7 Å². The van der Waals surface area contributed by atoms with Gasteiger partial charge in [-0.25, -0.2) is 4.98 Å². The van der Waals surface area contributed by atoms with Crippen LogP contribution in [-0.4, -0.2) is 32.8 Å². The molecule has 1 aliphatic heterocycles. The second kappa shape index (κ2) is 9.38. The quantitative estimate of drug-likeness (QED) is 0.428. The molecule has 31 heavy (non-hydrogen) atoms. The Morgan fingerprint density at radius 3 is 2.74 bits per heavy atom. The van der Waals surface area contributed by atoms with Crippen LogP contribution in [0.15, 0.2) is 72.6 Å². The summed E-state index contributed by atoms with van der Waals surface area (Å²) in [5, 5.41) is 15.6. The van der Waals surface area contributed by atoms with Gasteiger partial charge < -0.3 is 4.90 Å². The number of anilines is 1. The third kappa shape index (κ3) is 5.25. The van der Waals surface area contributed by atoms with Gasteiger partial charge in [0.2, 0.25) is 5.82 Å². The highest BCUT2D eigenvalue weighted by atomic mass is 16.6. The molecule has 158 valence electrons. The second-order valence-corrected chi connectivity index (χ2v) is 7.67. The van der Waals surface area contributed by atoms with Crippen LogP contribution in [0.3, 0.4) is 0 Å². The van der Waals surface area contributed by atoms with E-state index in [1.807, 2.05) is 28.8 Å². The van der Waals surface area contributed by atoms with Gasteiger partial charge >= 0.3 is 5.69 Å². The number of piperidine rings is 1. The highest BCUT2D eigenvalue weighted by Gasteiger charge is 2.23. The Morgan fingerprint density at radius 1 is 1.16 bits per heavy atom. The number of benzene rings is 1. The van der Waals surface area contributed by atoms with Crippen molar-refractivity contribution >= 4 is 17.6 Å². The van der Waals surface area contributed by atoms with E-state index in [0.29, 0.717) is 5.82 Å². The van der Waals surface area contributed by atoms with E-state index >= 15 is 0 Å². The van der Waals surface area contributed by atoms with Crippen LogP contribution in [0.25, 0.3) is 6.08 Å². The number of aryl methyl sites for hydroxylation is 1. The summed E-state index contributed by atoms with van der Waals surface area (Å²) in [6.07, 6.45) is 11.8. The first kappa shape index (κ1) is 20.5. The third-order valence-electron chi connectivity index (χ3n) is 5.37. The fourth-order valence-corrected chi connectivity index (χ4v) is 3.75. The zero-order valence-corrected chi connectivity index (χ0v) is 17.5. The van der Waals surface area contributed by atoms with Crippen LogP contribution in [0.5, 0.6) is 0 Å². The summed E-state index contributed by atoms with van der Waals surface area (Å²) in [6.45, 7) is 4.08. The maximum Gasteiger partial charge on any atom is 0.311 e. The summed E-state index contributed by atoms with van der Waals surface area (Å²) in [7, 11) is 0. The summed E-state index contributed by atoms with van der Waals surface area (Å²) in [5.74, 6) is 0.480. The average Bonchev–Trinajstić information content (AvgIpc) is 3.27. The van der Waals surface area contributed by atoms with Gasteiger partial charge in [0.05, 0.1) is 11.5 Å². The smallest absolute Gasteiger partial charge is 0.311 e. The van der Waals surface area contributed by atoms with Crippen molar-refractivity contribution in [3.8, 4) is 0 Å². The molecule has 1 aromatic carbocycles. The van der Waals surface area contributed by atoms with Crippen LogP contribution in [-0.2, 0) is 6.54 Å². The highest BCUT2D eigenvalue weighted by Crippen LogP contribution is 2.29. The van der Waals surface area contributed by atoms with E-state index in [4.69, 9.17) is 0 Å². The number of pyridine rings is 1. The lowest BCUT2D eigenvalue weighted by atomic mass is 10.0. The minimum atomic E-state index is -0.351. The Balaban J connectivity index is 1.38. The molecule has 1 saturated heterocycles. The molecular weight excluding hydrogens is 390 g/mol. The van der Waals surface area contributed by atoms with Crippen LogP contribution in [0.2, 0.25) is 0 Å². The van der Waals surface area contributed by atoms with E-state index < -0.39 is 0 Å². The second-order valence-electron chi connectivity index (χ2n) is 7.67. The van der Waals surface area contributed by atoms with Gasteiger partial charge in [0.15, 0.2) is 0 Å². The monoisotopic (exact) mass is 415 g/mol. The van der Waals surface area contributed by atoms with Gasteiger partial charge in [0, 0.05) is 37.2 Å². The molecule has 3 aromatic rings. The Morgan fingerprint density at radius 2 is 2.00 bits per heavy atom. The zero-order chi connectivity index (χ0) is 21.6. The third-order valence-corrected chi connectivity index (χ3v) is 5.37. The minimum Gasteiger partial charge on any atom is -0.350 e. The van der Waals surface area contributed by atoms with Crippen LogP contribution < -0.4 is 4.90 Å². The largest absolute Gasteiger partial charge is 0.350 e. The van der Waals surface area contributed by atoms with Crippen molar-refractivity contribution in [3.05, 3.63) is 99.5 Å². The lowest BCUT2D eigenvalue weighted by Crippen LogP contribution is -2.32. The first-order valence-electron chi connectivity index (χ1n) is 10.4. The van der Waals surface area contributed by atoms with Crippen molar-refractivity contribution in [2.24, 2.45) is 0 Å². The summed E-state index contributed by atoms with van der Waals surface area (Å²) in [6, 6.07) is 13.6. The summed E-state index contributed by atoms with van der Waals surface area (Å²) in [4.78, 5) is 17.4. The van der Waals surface area contributed by atoms with Gasteiger partial charge in [-0.2, -0.15) is 5.10 Å². The number of hydrogen-bond donors (Lipinski definition) is 0. The maximum atomic E-state index is 11.3. The minimum absolute atomic E-state index is 0.0768. The van der Waals surface area contributed by atoms with Gasteiger partial charge in [-0.05, 0) is 49.1 Å². The van der Waals surface area contributed by atoms with Gasteiger partial charge in [-0.1, -0.05) is 42.0 Å². The molecule has 0 amide bonds. The molecule has 7 heteroatoms. The molecule has 3 heterocycles. The Hall–Kier alpha value is -3.74. The van der Waals surface area contributed by atoms with Crippen molar-refractivity contribution in [1.82, 2.24) is 14.8 Å². The van der Waals surface area contributed by atoms with E-state index in [0.717, 1.165) is 43.7 Å². The molecule has 1 fully saturated rings. The van der Waals surface area contributed by atoms with E-state index in [1.54, 1.807) is 18.3 Å². The number of allylic oxidation sites excluding steroid dienone is 2. The van der Waals surface area contributed by atoms with Crippen molar-refractivity contribution in [3.63, 3.8) is 0 Å². The number of nitro groups is 1. The number of nitrogens with zero attached hydrogens (tertiary/aromatic N) is 5. The zero-order valence-electron chi connectivity index (χ0n) is 17.5. The molecule has 7 nitrogen and oxygen atoms in total. The molecule has 0 atom stereocenters. The lowest BCUT2D eigenvalue weighted by molar-refractivity contribution is -0.384. The normalized spacial score (nSPS) is 14.2. The molecule has 0 N–H and O–H groups in total. The molecule has 0 saturated carbocycles. The van der Waals surface area contributed by atoms with E-state index in [9.17, 15) is 10.1 Å². The molecule has 0 spiro atoms. The van der Waals surface area contributed by atoms with Crippen LogP contribution in [0.4, 0.5) is 11.5 Å². The fourth-order valence-electron chi connectivity index (χ4n) is 3.75. The first-order chi connectivity index (χ1) is 15.1. The van der Waals surface area contributed by atoms with Crippen molar-refractivity contribution in [1.29, 1.82) is 0 Å². The Labute approximate surface area is 181 Å². The van der Waals surface area contributed by atoms with Crippen molar-refractivity contribution < 1.29 is 4.92 Å². The van der Waals surface area contributed by atoms with Crippen LogP contribution >= 0.6 is 0 Å². The average molecular weight is 415 g/mol. The van der Waals surface area contributed by atoms with Crippen molar-refractivity contribution in [2.75, 3.05) is 18.0 Å². The maximum absolute atomic E-state index is 11.3. The molecule has 1 aliphatic rings. The first-order valence-corrected chi connectivity index (χ1v) is 10.4. The van der Waals surface area contributed by atoms with Gasteiger partial charge in [-0.15, -0.1) is 0 Å². The molecule has 2 aromatic heterocycles. The highest BCUT2D eigenvalue weighted by molar-refractivity contribution is 5.59. The standard InChI is InChI=1S/C24H25N5O2/c1-19-9-10-23(29(30)31)24(26-19)27-15-11-20(12-16-27)5-2-6-21-7-3-8-22(17-21)18-28-14-4-13-25-28/h2-10,13-14,17H,11-12,15-16,18H2,1H3. The van der Waals surface area contributed by atoms with E-state index in [1.165, 1.54) is 11.1 Å². The van der Waals surface area contributed by atoms with Crippen molar-refractivity contribution in [2.45, 2.75) is 26.3 Å². The predicted molar refractivity (Wildman–Crippen MR) is 122 cm³/mol. The lowest BCUT2D eigenvalue weighted by Gasteiger charge is -2.29. The van der Waals surface area contributed by atoms with Gasteiger partial charge in [0.25, 0.3) is 0 Å². The number of rotatable bonds is 6. The van der Waals surface area contributed by atoms with E-state index in [2.05, 4.69) is 52.6 Å². The number of hydrogen-bond acceptors (Lipinski definition) is 5. The summed E-state index contributed by atoms with van der Waals surface area (Å²) in [5.41, 5.74) is 4.57. The SMILES string of the molecule is Cc1ccc([N+](=O)[O-])c(N2CCC(=CC=Cc3cccc(Cn4cccn4)c3)CC2)n1. The molecule has 0 unspecified atom stereocenters. The molecule has 0 aliphatic carbocycles. The molecule has 4 rings (SSSR count). The predicted octanol–water partition coefficient (Wildman–Crippen LogP) is 4.78. The van der Waals surface area contributed by atoms with Gasteiger partial charge in [-0.3, -0.25) is 14.8 Å². The summed E-state index contributed by atoms with van der Waals surface area (Å²) < 4.78 is 1.91. The molecular formula is C24H25N5O2. The van der Waals surface area contributed by atoms with Crippen LogP contribution in [0, 0.1) is 17.0 Å². The fraction of sp³-hybridized carbons (Fsp3) is 0.250. The Bertz CT molecular complexity index is 1110. The Kier molecular flexibility index (Phi) is 6.21. The van der Waals surface area contributed by atoms with Gasteiger partial charge in [0.1, 0.15) is 0 Å². The number of aromatic nitrogens is 3. The van der Waals surface area contributed by atoms with E-state index in [-0.39, 0.29) is 10.6 Å².